The molecule has 1 aliphatic carbocycles. The third-order valence-corrected chi connectivity index (χ3v) is 5.05. The van der Waals surface area contributed by atoms with Crippen molar-refractivity contribution in [3.63, 3.8) is 0 Å². The number of hydrogen-bond acceptors (Lipinski definition) is 3. The maximum absolute atomic E-state index is 6.44. The summed E-state index contributed by atoms with van der Waals surface area (Å²) in [5, 5.41) is 0. The van der Waals surface area contributed by atoms with Crippen LogP contribution in [0, 0.1) is 5.41 Å². The van der Waals surface area contributed by atoms with Crippen LogP contribution in [0.15, 0.2) is 0 Å². The quantitative estimate of drug-likeness (QED) is 0.802. The smallest absolute Gasteiger partial charge is 0.0777 e. The van der Waals surface area contributed by atoms with E-state index in [1.807, 2.05) is 7.11 Å². The maximum atomic E-state index is 6.44. The topological polar surface area (TPSA) is 38.5 Å². The Labute approximate surface area is 106 Å². The standard InChI is InChI=1S/C14H28N2O/c1-13(2)8-6-11(12(13)15)16-9-5-7-14(3,10-16)17-4/h11-12H,5-10,15H2,1-4H3. The molecule has 0 spiro atoms. The van der Waals surface area contributed by atoms with Gasteiger partial charge >= 0.3 is 0 Å². The fraction of sp³-hybridized carbons (Fsp3) is 1.00. The van der Waals surface area contributed by atoms with Crippen LogP contribution in [-0.2, 0) is 4.74 Å². The van der Waals surface area contributed by atoms with Gasteiger partial charge in [-0.1, -0.05) is 13.8 Å². The Morgan fingerprint density at radius 2 is 1.94 bits per heavy atom. The molecule has 0 radical (unpaired) electrons. The average molecular weight is 240 g/mol. The molecule has 1 heterocycles. The number of nitrogens with zero attached hydrogens (tertiary/aromatic N) is 1. The van der Waals surface area contributed by atoms with Gasteiger partial charge in [0.05, 0.1) is 5.60 Å². The van der Waals surface area contributed by atoms with Crippen LogP contribution in [0.3, 0.4) is 0 Å². The van der Waals surface area contributed by atoms with Gasteiger partial charge in [0.15, 0.2) is 0 Å². The number of likely N-dealkylation sites (tertiary alicyclic amines) is 1. The zero-order valence-corrected chi connectivity index (χ0v) is 11.8. The number of piperidine rings is 1. The second-order valence-corrected chi connectivity index (χ2v) is 6.85. The van der Waals surface area contributed by atoms with E-state index < -0.39 is 0 Å². The SMILES string of the molecule is COC1(C)CCCN(C2CCC(C)(C)C2N)C1. The van der Waals surface area contributed by atoms with Crippen LogP contribution in [0.4, 0.5) is 0 Å². The van der Waals surface area contributed by atoms with E-state index in [1.165, 1.54) is 32.2 Å². The van der Waals surface area contributed by atoms with E-state index in [-0.39, 0.29) is 5.60 Å². The molecule has 0 aromatic carbocycles. The van der Waals surface area contributed by atoms with E-state index in [0.29, 0.717) is 17.5 Å². The van der Waals surface area contributed by atoms with Gasteiger partial charge in [0.2, 0.25) is 0 Å². The fourth-order valence-electron chi connectivity index (χ4n) is 3.49. The Morgan fingerprint density at radius 3 is 2.47 bits per heavy atom. The summed E-state index contributed by atoms with van der Waals surface area (Å²) in [5.41, 5.74) is 6.76. The normalized spacial score (nSPS) is 42.9. The Morgan fingerprint density at radius 1 is 1.24 bits per heavy atom. The van der Waals surface area contributed by atoms with E-state index in [4.69, 9.17) is 10.5 Å². The number of ether oxygens (including phenoxy) is 1. The van der Waals surface area contributed by atoms with Crippen LogP contribution in [0.2, 0.25) is 0 Å². The predicted octanol–water partition coefficient (Wildman–Crippen LogP) is 2.00. The van der Waals surface area contributed by atoms with Gasteiger partial charge < -0.3 is 10.5 Å². The number of rotatable bonds is 2. The average Bonchev–Trinajstić information content (AvgIpc) is 2.55. The molecule has 1 aliphatic heterocycles. The summed E-state index contributed by atoms with van der Waals surface area (Å²) in [6.45, 7) is 9.06. The van der Waals surface area contributed by atoms with E-state index in [0.717, 1.165) is 6.54 Å². The lowest BCUT2D eigenvalue weighted by Gasteiger charge is -2.44. The summed E-state index contributed by atoms with van der Waals surface area (Å²) in [6.07, 6.45) is 4.90. The molecule has 3 atom stereocenters. The molecule has 3 nitrogen and oxygen atoms in total. The molecule has 3 heteroatoms. The molecular weight excluding hydrogens is 212 g/mol. The zero-order chi connectivity index (χ0) is 12.7. The van der Waals surface area contributed by atoms with Crippen LogP contribution in [0.1, 0.15) is 46.5 Å². The third kappa shape index (κ3) is 2.51. The van der Waals surface area contributed by atoms with Crippen molar-refractivity contribution in [3.05, 3.63) is 0 Å². The van der Waals surface area contributed by atoms with Gasteiger partial charge in [0, 0.05) is 25.7 Å². The zero-order valence-electron chi connectivity index (χ0n) is 11.8. The minimum absolute atomic E-state index is 0.0324. The van der Waals surface area contributed by atoms with Crippen molar-refractivity contribution < 1.29 is 4.74 Å². The Bertz CT molecular complexity index is 279. The molecule has 3 unspecified atom stereocenters. The van der Waals surface area contributed by atoms with Crippen LogP contribution >= 0.6 is 0 Å². The molecule has 0 amide bonds. The minimum Gasteiger partial charge on any atom is -0.377 e. The van der Waals surface area contributed by atoms with Crippen LogP contribution in [0.5, 0.6) is 0 Å². The first-order chi connectivity index (χ1) is 7.88. The first kappa shape index (κ1) is 13.3. The molecule has 0 aromatic heterocycles. The lowest BCUT2D eigenvalue weighted by molar-refractivity contribution is -0.0631. The molecule has 1 saturated carbocycles. The third-order valence-electron chi connectivity index (χ3n) is 5.05. The van der Waals surface area contributed by atoms with Crippen LogP contribution in [0.25, 0.3) is 0 Å². The van der Waals surface area contributed by atoms with E-state index in [9.17, 15) is 0 Å². The van der Waals surface area contributed by atoms with Crippen molar-refractivity contribution in [2.24, 2.45) is 11.1 Å². The van der Waals surface area contributed by atoms with Crippen LogP contribution < -0.4 is 5.73 Å². The summed E-state index contributed by atoms with van der Waals surface area (Å²) in [4.78, 5) is 2.58. The van der Waals surface area contributed by atoms with E-state index in [2.05, 4.69) is 25.7 Å². The van der Waals surface area contributed by atoms with Gasteiger partial charge in [0.25, 0.3) is 0 Å². The van der Waals surface area contributed by atoms with E-state index in [1.54, 1.807) is 0 Å². The second kappa shape index (κ2) is 4.52. The molecule has 0 bridgehead atoms. The minimum atomic E-state index is 0.0324. The first-order valence-electron chi connectivity index (χ1n) is 6.93. The first-order valence-corrected chi connectivity index (χ1v) is 6.93. The number of nitrogens with two attached hydrogens (primary N) is 1. The largest absolute Gasteiger partial charge is 0.377 e. The summed E-state index contributed by atoms with van der Waals surface area (Å²) in [6, 6.07) is 0.862. The maximum Gasteiger partial charge on any atom is 0.0777 e. The lowest BCUT2D eigenvalue weighted by Crippen LogP contribution is -2.56. The van der Waals surface area contributed by atoms with Gasteiger partial charge in [0.1, 0.15) is 0 Å². The molecule has 1 saturated heterocycles. The summed E-state index contributed by atoms with van der Waals surface area (Å²) in [7, 11) is 1.84. The monoisotopic (exact) mass is 240 g/mol. The van der Waals surface area contributed by atoms with Crippen molar-refractivity contribution in [3.8, 4) is 0 Å². The molecule has 0 aromatic rings. The highest BCUT2D eigenvalue weighted by molar-refractivity contribution is 5.01. The fourth-order valence-corrected chi connectivity index (χ4v) is 3.49. The Hall–Kier alpha value is -0.120. The highest BCUT2D eigenvalue weighted by Gasteiger charge is 2.44. The Kier molecular flexibility index (Phi) is 3.54. The molecule has 100 valence electrons. The highest BCUT2D eigenvalue weighted by atomic mass is 16.5. The number of methoxy groups -OCH3 is 1. The lowest BCUT2D eigenvalue weighted by atomic mass is 9.86. The molecular formula is C14H28N2O. The van der Waals surface area contributed by atoms with Crippen molar-refractivity contribution in [2.45, 2.75) is 64.1 Å². The second-order valence-electron chi connectivity index (χ2n) is 6.85. The van der Waals surface area contributed by atoms with Crippen molar-refractivity contribution >= 4 is 0 Å². The molecule has 2 fully saturated rings. The van der Waals surface area contributed by atoms with Crippen molar-refractivity contribution in [1.29, 1.82) is 0 Å². The molecule has 2 N–H and O–H groups in total. The van der Waals surface area contributed by atoms with E-state index >= 15 is 0 Å². The van der Waals surface area contributed by atoms with Gasteiger partial charge in [-0.3, -0.25) is 4.90 Å². The van der Waals surface area contributed by atoms with Crippen molar-refractivity contribution in [2.75, 3.05) is 20.2 Å². The summed E-state index contributed by atoms with van der Waals surface area (Å²) < 4.78 is 5.67. The van der Waals surface area contributed by atoms with Gasteiger partial charge in [-0.25, -0.2) is 0 Å². The molecule has 2 aliphatic rings. The Balaban J connectivity index is 2.04. The van der Waals surface area contributed by atoms with Gasteiger partial charge in [-0.15, -0.1) is 0 Å². The molecule has 2 rings (SSSR count). The number of hydrogen-bond donors (Lipinski definition) is 1. The van der Waals surface area contributed by atoms with Gasteiger partial charge in [-0.05, 0) is 44.6 Å². The van der Waals surface area contributed by atoms with Gasteiger partial charge in [-0.2, -0.15) is 0 Å². The van der Waals surface area contributed by atoms with Crippen LogP contribution in [-0.4, -0.2) is 42.8 Å². The predicted molar refractivity (Wildman–Crippen MR) is 71.0 cm³/mol. The van der Waals surface area contributed by atoms with Crippen molar-refractivity contribution in [1.82, 2.24) is 4.90 Å². The highest BCUT2D eigenvalue weighted by Crippen LogP contribution is 2.40. The molecule has 17 heavy (non-hydrogen) atoms. The summed E-state index contributed by atoms with van der Waals surface area (Å²) in [5.74, 6) is 0. The summed E-state index contributed by atoms with van der Waals surface area (Å²) >= 11 is 0.